The maximum atomic E-state index is 13.6. The van der Waals surface area contributed by atoms with Gasteiger partial charge in [-0.3, -0.25) is 4.79 Å². The number of rotatable bonds is 7. The van der Waals surface area contributed by atoms with Crippen molar-refractivity contribution in [2.45, 2.75) is 56.3 Å². The van der Waals surface area contributed by atoms with Gasteiger partial charge in [-0.1, -0.05) is 0 Å². The van der Waals surface area contributed by atoms with E-state index in [2.05, 4.69) is 0 Å². The van der Waals surface area contributed by atoms with Crippen molar-refractivity contribution in [2.75, 3.05) is 0 Å². The van der Waals surface area contributed by atoms with E-state index in [-0.39, 0.29) is 13.8 Å². The second-order valence-electron chi connectivity index (χ2n) is 5.56. The molecular formula is C11H10F12O2. The van der Waals surface area contributed by atoms with Crippen LogP contribution in [0.1, 0.15) is 20.3 Å². The molecule has 0 fully saturated rings. The first-order chi connectivity index (χ1) is 10.6. The zero-order valence-electron chi connectivity index (χ0n) is 12.2. The van der Waals surface area contributed by atoms with Gasteiger partial charge in [0.2, 0.25) is 0 Å². The number of aliphatic carboxylic acids is 1. The second-order valence-corrected chi connectivity index (χ2v) is 5.56. The quantitative estimate of drug-likeness (QED) is 0.614. The summed E-state index contributed by atoms with van der Waals surface area (Å²) in [5, 5.41) is 8.40. The summed E-state index contributed by atoms with van der Waals surface area (Å²) in [6.07, 6.45) is -14.1. The Hall–Kier alpha value is -1.37. The van der Waals surface area contributed by atoms with E-state index >= 15 is 0 Å². The van der Waals surface area contributed by atoms with E-state index in [0.717, 1.165) is 0 Å². The van der Waals surface area contributed by atoms with Crippen molar-refractivity contribution in [3.8, 4) is 0 Å². The van der Waals surface area contributed by atoms with Gasteiger partial charge in [-0.25, -0.2) is 4.39 Å². The molecule has 0 aromatic rings. The molecule has 0 bridgehead atoms. The molecule has 2 nitrogen and oxygen atoms in total. The monoisotopic (exact) mass is 402 g/mol. The minimum Gasteiger partial charge on any atom is -0.481 e. The normalized spacial score (nSPS) is 16.7. The van der Waals surface area contributed by atoms with E-state index < -0.39 is 53.8 Å². The number of hydrogen-bond acceptors (Lipinski definition) is 1. The topological polar surface area (TPSA) is 37.3 Å². The third kappa shape index (κ3) is 3.61. The molecule has 25 heavy (non-hydrogen) atoms. The maximum absolute atomic E-state index is 13.6. The molecule has 0 radical (unpaired) electrons. The van der Waals surface area contributed by atoms with Crippen molar-refractivity contribution in [3.05, 3.63) is 0 Å². The summed E-state index contributed by atoms with van der Waals surface area (Å²) in [7, 11) is 0. The molecule has 14 heteroatoms. The number of carbonyl (C=O) groups is 1. The molecule has 0 aliphatic heterocycles. The van der Waals surface area contributed by atoms with Crippen LogP contribution in [0.4, 0.5) is 52.7 Å². The molecule has 1 unspecified atom stereocenters. The largest absolute Gasteiger partial charge is 0.481 e. The minimum atomic E-state index is -7.35. The Bertz CT molecular complexity index is 508. The lowest BCUT2D eigenvalue weighted by atomic mass is 9.78. The van der Waals surface area contributed by atoms with E-state index in [4.69, 9.17) is 5.11 Å². The summed E-state index contributed by atoms with van der Waals surface area (Å²) in [5.41, 5.74) is -4.05. The van der Waals surface area contributed by atoms with Crippen LogP contribution < -0.4 is 0 Å². The fraction of sp³-hybridized carbons (Fsp3) is 0.909. The first-order valence-corrected chi connectivity index (χ1v) is 6.03. The number of hydrogen-bond donors (Lipinski definition) is 1. The van der Waals surface area contributed by atoms with Gasteiger partial charge in [0.1, 0.15) is 5.41 Å². The number of carboxylic acids is 1. The van der Waals surface area contributed by atoms with E-state index in [1.54, 1.807) is 0 Å². The lowest BCUT2D eigenvalue weighted by Crippen LogP contribution is -2.69. The van der Waals surface area contributed by atoms with Crippen molar-refractivity contribution < 1.29 is 62.6 Å². The molecule has 0 aromatic carbocycles. The number of halogens is 12. The Labute approximate surface area is 131 Å². The van der Waals surface area contributed by atoms with E-state index in [1.807, 2.05) is 0 Å². The van der Waals surface area contributed by atoms with E-state index in [0.29, 0.717) is 0 Å². The van der Waals surface area contributed by atoms with Crippen LogP contribution in [0.5, 0.6) is 0 Å². The van der Waals surface area contributed by atoms with E-state index in [9.17, 15) is 57.5 Å². The molecule has 1 N–H and O–H groups in total. The Morgan fingerprint density at radius 3 is 1.44 bits per heavy atom. The highest BCUT2D eigenvalue weighted by Gasteiger charge is 2.85. The summed E-state index contributed by atoms with van der Waals surface area (Å²) in [4.78, 5) is 10.5. The molecule has 0 heterocycles. The first-order valence-electron chi connectivity index (χ1n) is 6.03. The second kappa shape index (κ2) is 6.11. The average molecular weight is 402 g/mol. The molecule has 0 spiro atoms. The Kier molecular flexibility index (Phi) is 5.77. The van der Waals surface area contributed by atoms with Crippen LogP contribution in [-0.4, -0.2) is 47.1 Å². The predicted octanol–water partition coefficient (Wildman–Crippen LogP) is 4.93. The predicted molar refractivity (Wildman–Crippen MR) is 56.8 cm³/mol. The molecule has 0 aliphatic carbocycles. The molecule has 0 saturated heterocycles. The van der Waals surface area contributed by atoms with Gasteiger partial charge in [-0.05, 0) is 13.8 Å². The first kappa shape index (κ1) is 23.6. The van der Waals surface area contributed by atoms with Crippen LogP contribution in [0.15, 0.2) is 0 Å². The van der Waals surface area contributed by atoms with Gasteiger partial charge in [0, 0.05) is 0 Å². The zero-order valence-corrected chi connectivity index (χ0v) is 12.2. The lowest BCUT2D eigenvalue weighted by Gasteiger charge is -2.42. The Morgan fingerprint density at radius 2 is 1.16 bits per heavy atom. The average Bonchev–Trinajstić information content (AvgIpc) is 2.35. The molecular weight excluding hydrogens is 392 g/mol. The van der Waals surface area contributed by atoms with Gasteiger partial charge >= 0.3 is 35.8 Å². The highest BCUT2D eigenvalue weighted by Crippen LogP contribution is 2.59. The fourth-order valence-corrected chi connectivity index (χ4v) is 1.46. The third-order valence-electron chi connectivity index (χ3n) is 3.33. The van der Waals surface area contributed by atoms with Crippen LogP contribution in [0.3, 0.4) is 0 Å². The number of alkyl halides is 12. The summed E-state index contributed by atoms with van der Waals surface area (Å²) >= 11 is 0. The Balaban J connectivity index is 6.16. The number of carboxylic acid groups (broad SMARTS) is 1. The van der Waals surface area contributed by atoms with Crippen LogP contribution in [-0.2, 0) is 4.79 Å². The van der Waals surface area contributed by atoms with Gasteiger partial charge in [0.05, 0.1) is 6.42 Å². The van der Waals surface area contributed by atoms with Crippen molar-refractivity contribution in [2.24, 2.45) is 5.41 Å². The summed E-state index contributed by atoms with van der Waals surface area (Å²) < 4.78 is 155. The van der Waals surface area contributed by atoms with Crippen LogP contribution in [0, 0.1) is 5.41 Å². The third-order valence-corrected chi connectivity index (χ3v) is 3.33. The molecule has 0 saturated carbocycles. The highest BCUT2D eigenvalue weighted by atomic mass is 19.4. The minimum absolute atomic E-state index is 0.208. The van der Waals surface area contributed by atoms with Crippen molar-refractivity contribution in [1.82, 2.24) is 0 Å². The molecule has 0 amide bonds. The smallest absolute Gasteiger partial charge is 0.392 e. The summed E-state index contributed by atoms with van der Waals surface area (Å²) in [6.45, 7) is -0.416. The van der Waals surface area contributed by atoms with E-state index in [1.165, 1.54) is 0 Å². The fourth-order valence-electron chi connectivity index (χ4n) is 1.46. The van der Waals surface area contributed by atoms with Gasteiger partial charge in [0.15, 0.2) is 6.17 Å². The molecule has 150 valence electrons. The van der Waals surface area contributed by atoms with Crippen LogP contribution >= 0.6 is 0 Å². The van der Waals surface area contributed by atoms with Crippen LogP contribution in [0.25, 0.3) is 0 Å². The van der Waals surface area contributed by atoms with Crippen LogP contribution in [0.2, 0.25) is 0 Å². The lowest BCUT2D eigenvalue weighted by molar-refractivity contribution is -0.392. The zero-order chi connectivity index (χ0) is 20.9. The molecule has 1 atom stereocenters. The standard InChI is InChI=1S/C11H10F12O2/c1-6(2,5(24)25)9(18,19)11(22,23)10(20,21)8(16,17)4(12)3-7(13,14)15/h4H,3H2,1-2H3,(H,24,25). The van der Waals surface area contributed by atoms with Gasteiger partial charge in [-0.15, -0.1) is 0 Å². The summed E-state index contributed by atoms with van der Waals surface area (Å²) in [5.74, 6) is -30.6. The maximum Gasteiger partial charge on any atom is 0.392 e. The molecule has 0 rings (SSSR count). The molecule has 0 aliphatic rings. The summed E-state index contributed by atoms with van der Waals surface area (Å²) in [6, 6.07) is 0. The van der Waals surface area contributed by atoms with Crippen molar-refractivity contribution in [1.29, 1.82) is 0 Å². The Morgan fingerprint density at radius 1 is 0.800 bits per heavy atom. The van der Waals surface area contributed by atoms with Gasteiger partial charge in [-0.2, -0.15) is 48.3 Å². The highest BCUT2D eigenvalue weighted by molar-refractivity contribution is 5.75. The van der Waals surface area contributed by atoms with Gasteiger partial charge in [0.25, 0.3) is 0 Å². The van der Waals surface area contributed by atoms with Crippen molar-refractivity contribution in [3.63, 3.8) is 0 Å². The molecule has 0 aromatic heterocycles. The SMILES string of the molecule is CC(C)(C(=O)O)C(F)(F)C(F)(F)C(F)(F)C(F)(F)C(F)CC(F)(F)F. The van der Waals surface area contributed by atoms with Gasteiger partial charge < -0.3 is 5.11 Å². The van der Waals surface area contributed by atoms with Crippen molar-refractivity contribution >= 4 is 5.97 Å².